The van der Waals surface area contributed by atoms with Gasteiger partial charge in [-0.2, -0.15) is 0 Å². The van der Waals surface area contributed by atoms with E-state index in [0.29, 0.717) is 0 Å². The highest BCUT2D eigenvalue weighted by Crippen LogP contribution is 2.46. The number of hydrogen-bond donors (Lipinski definition) is 2. The first-order valence-electron chi connectivity index (χ1n) is 9.32. The molecule has 3 heterocycles. The lowest BCUT2D eigenvalue weighted by atomic mass is 9.83. The zero-order valence-electron chi connectivity index (χ0n) is 15.8. The van der Waals surface area contributed by atoms with Gasteiger partial charge in [-0.15, -0.1) is 0 Å². The molecule has 7 heteroatoms. The molecule has 1 aromatic carbocycles. The van der Waals surface area contributed by atoms with Crippen molar-refractivity contribution in [1.82, 2.24) is 14.9 Å². The van der Waals surface area contributed by atoms with Gasteiger partial charge in [-0.05, 0) is 57.5 Å². The van der Waals surface area contributed by atoms with Crippen molar-refractivity contribution in [2.24, 2.45) is 11.3 Å². The number of aromatic nitrogens is 2. The van der Waals surface area contributed by atoms with Gasteiger partial charge in [0.15, 0.2) is 6.73 Å². The van der Waals surface area contributed by atoms with Gasteiger partial charge < -0.3 is 15.4 Å². The fourth-order valence-electron chi connectivity index (χ4n) is 3.93. The standard InChI is InChI=1S/C20H25FN4O2/c1-20(2,3)19(26)27-11-25-9-8-23-18(25)17-13-6-7-22-16(13)14-10-12(21)4-5-15(14)24-17/h4-5,8-10,13,16-17,22,24H,6-7,11H2,1-3H3/t13-,16+,17+/m0/s1. The van der Waals surface area contributed by atoms with E-state index in [-0.39, 0.29) is 36.5 Å². The van der Waals surface area contributed by atoms with Gasteiger partial charge in [-0.25, -0.2) is 9.37 Å². The molecule has 1 saturated heterocycles. The smallest absolute Gasteiger partial charge is 0.312 e. The fourth-order valence-corrected chi connectivity index (χ4v) is 3.93. The van der Waals surface area contributed by atoms with E-state index in [2.05, 4.69) is 15.6 Å². The van der Waals surface area contributed by atoms with Crippen LogP contribution in [0.25, 0.3) is 0 Å². The lowest BCUT2D eigenvalue weighted by Crippen LogP contribution is -2.34. The minimum Gasteiger partial charge on any atom is -0.443 e. The molecule has 27 heavy (non-hydrogen) atoms. The molecule has 3 atom stereocenters. The summed E-state index contributed by atoms with van der Waals surface area (Å²) >= 11 is 0. The average Bonchev–Trinajstić information content (AvgIpc) is 3.27. The maximum Gasteiger partial charge on any atom is 0.312 e. The van der Waals surface area contributed by atoms with Crippen molar-refractivity contribution < 1.29 is 13.9 Å². The van der Waals surface area contributed by atoms with Gasteiger partial charge in [-0.1, -0.05) is 0 Å². The van der Waals surface area contributed by atoms with Gasteiger partial charge >= 0.3 is 5.97 Å². The number of fused-ring (bicyclic) bond motifs is 3. The lowest BCUT2D eigenvalue weighted by Gasteiger charge is -2.36. The second-order valence-corrected chi connectivity index (χ2v) is 8.30. The first-order valence-corrected chi connectivity index (χ1v) is 9.32. The van der Waals surface area contributed by atoms with Crippen LogP contribution in [0.3, 0.4) is 0 Å². The molecule has 1 fully saturated rings. The SMILES string of the molecule is CC(C)(C)C(=O)OCn1ccnc1[C@@H]1Nc2ccc(F)cc2[C@@H]2NCC[C@@H]21. The Morgan fingerprint density at radius 1 is 1.37 bits per heavy atom. The number of benzene rings is 1. The minimum absolute atomic E-state index is 0.0358. The summed E-state index contributed by atoms with van der Waals surface area (Å²) in [6.07, 6.45) is 4.51. The summed E-state index contributed by atoms with van der Waals surface area (Å²) in [5.74, 6) is 0.598. The van der Waals surface area contributed by atoms with Crippen LogP contribution in [0.2, 0.25) is 0 Å². The number of esters is 1. The van der Waals surface area contributed by atoms with Crippen molar-refractivity contribution in [3.8, 4) is 0 Å². The highest BCUT2D eigenvalue weighted by molar-refractivity contribution is 5.75. The van der Waals surface area contributed by atoms with Crippen LogP contribution in [0.4, 0.5) is 10.1 Å². The number of rotatable bonds is 3. The van der Waals surface area contributed by atoms with Crippen LogP contribution < -0.4 is 10.6 Å². The van der Waals surface area contributed by atoms with Crippen molar-refractivity contribution in [1.29, 1.82) is 0 Å². The van der Waals surface area contributed by atoms with Crippen LogP contribution in [0.5, 0.6) is 0 Å². The number of anilines is 1. The Hall–Kier alpha value is -2.41. The van der Waals surface area contributed by atoms with E-state index in [4.69, 9.17) is 4.74 Å². The molecule has 2 N–H and O–H groups in total. The van der Waals surface area contributed by atoms with E-state index < -0.39 is 5.41 Å². The van der Waals surface area contributed by atoms with E-state index >= 15 is 0 Å². The highest BCUT2D eigenvalue weighted by Gasteiger charge is 2.42. The molecule has 0 unspecified atom stereocenters. The fraction of sp³-hybridized carbons (Fsp3) is 0.500. The van der Waals surface area contributed by atoms with E-state index in [1.807, 2.05) is 31.5 Å². The summed E-state index contributed by atoms with van der Waals surface area (Å²) in [7, 11) is 0. The van der Waals surface area contributed by atoms with Gasteiger partial charge in [-0.3, -0.25) is 9.36 Å². The monoisotopic (exact) mass is 372 g/mol. The highest BCUT2D eigenvalue weighted by atomic mass is 19.1. The molecular weight excluding hydrogens is 347 g/mol. The molecule has 1 aromatic heterocycles. The van der Waals surface area contributed by atoms with Crippen molar-refractivity contribution >= 4 is 11.7 Å². The van der Waals surface area contributed by atoms with Crippen molar-refractivity contribution in [2.45, 2.75) is 46.0 Å². The zero-order chi connectivity index (χ0) is 19.2. The molecule has 0 aliphatic carbocycles. The van der Waals surface area contributed by atoms with Crippen molar-refractivity contribution in [3.05, 3.63) is 47.8 Å². The molecule has 0 spiro atoms. The maximum absolute atomic E-state index is 13.7. The third-order valence-electron chi connectivity index (χ3n) is 5.33. The minimum atomic E-state index is -0.548. The molecule has 0 amide bonds. The van der Waals surface area contributed by atoms with Crippen LogP contribution in [-0.2, 0) is 16.3 Å². The summed E-state index contributed by atoms with van der Waals surface area (Å²) in [5, 5.41) is 7.02. The Morgan fingerprint density at radius 3 is 2.96 bits per heavy atom. The number of imidazole rings is 1. The topological polar surface area (TPSA) is 68.2 Å². The summed E-state index contributed by atoms with van der Waals surface area (Å²) in [6.45, 7) is 6.50. The van der Waals surface area contributed by atoms with Gasteiger partial charge in [0.05, 0.1) is 11.5 Å². The number of nitrogens with zero attached hydrogens (tertiary/aromatic N) is 2. The predicted octanol–water partition coefficient (Wildman–Crippen LogP) is 3.39. The number of ether oxygens (including phenoxy) is 1. The second-order valence-electron chi connectivity index (χ2n) is 8.30. The van der Waals surface area contributed by atoms with Gasteiger partial charge in [0.1, 0.15) is 11.6 Å². The van der Waals surface area contributed by atoms with Gasteiger partial charge in [0.2, 0.25) is 0 Å². The van der Waals surface area contributed by atoms with Crippen LogP contribution in [0, 0.1) is 17.2 Å². The van der Waals surface area contributed by atoms with E-state index in [9.17, 15) is 9.18 Å². The first-order chi connectivity index (χ1) is 12.8. The van der Waals surface area contributed by atoms with Crippen molar-refractivity contribution in [3.63, 3.8) is 0 Å². The van der Waals surface area contributed by atoms with Crippen LogP contribution in [0.1, 0.15) is 50.7 Å². The van der Waals surface area contributed by atoms with E-state index in [1.54, 1.807) is 18.3 Å². The quantitative estimate of drug-likeness (QED) is 0.809. The normalized spacial score (nSPS) is 24.1. The van der Waals surface area contributed by atoms with Crippen LogP contribution >= 0.6 is 0 Å². The summed E-state index contributed by atoms with van der Waals surface area (Å²) in [4.78, 5) is 16.6. The molecule has 2 aromatic rings. The molecule has 0 saturated carbocycles. The number of carbonyl (C=O) groups excluding carboxylic acids is 1. The average molecular weight is 372 g/mol. The Balaban J connectivity index is 1.60. The Kier molecular flexibility index (Phi) is 4.42. The third-order valence-corrected chi connectivity index (χ3v) is 5.33. The number of hydrogen-bond acceptors (Lipinski definition) is 5. The Bertz CT molecular complexity index is 858. The molecule has 144 valence electrons. The Labute approximate surface area is 158 Å². The first kappa shape index (κ1) is 18.0. The summed E-state index contributed by atoms with van der Waals surface area (Å²) < 4.78 is 21.1. The maximum atomic E-state index is 13.7. The Morgan fingerprint density at radius 2 is 2.19 bits per heavy atom. The van der Waals surface area contributed by atoms with E-state index in [0.717, 1.165) is 30.0 Å². The molecule has 2 aliphatic rings. The molecule has 0 radical (unpaired) electrons. The molecule has 0 bridgehead atoms. The van der Waals surface area contributed by atoms with Crippen LogP contribution in [-0.4, -0.2) is 22.1 Å². The second kappa shape index (κ2) is 6.64. The van der Waals surface area contributed by atoms with E-state index in [1.165, 1.54) is 6.07 Å². The number of nitrogens with one attached hydrogen (secondary N) is 2. The molecular formula is C20H25FN4O2. The third kappa shape index (κ3) is 3.32. The molecule has 4 rings (SSSR count). The van der Waals surface area contributed by atoms with Crippen LogP contribution in [0.15, 0.2) is 30.6 Å². The predicted molar refractivity (Wildman–Crippen MR) is 99.4 cm³/mol. The van der Waals surface area contributed by atoms with Gasteiger partial charge in [0, 0.05) is 30.0 Å². The number of carbonyl (C=O) groups is 1. The van der Waals surface area contributed by atoms with Gasteiger partial charge in [0.25, 0.3) is 0 Å². The summed E-state index contributed by atoms with van der Waals surface area (Å²) in [6, 6.07) is 4.90. The molecule has 2 aliphatic heterocycles. The van der Waals surface area contributed by atoms with Crippen molar-refractivity contribution in [2.75, 3.05) is 11.9 Å². The zero-order valence-corrected chi connectivity index (χ0v) is 15.8. The number of halogens is 1. The summed E-state index contributed by atoms with van der Waals surface area (Å²) in [5.41, 5.74) is 1.33. The largest absolute Gasteiger partial charge is 0.443 e. The molecule has 6 nitrogen and oxygen atoms in total. The lowest BCUT2D eigenvalue weighted by molar-refractivity contribution is -0.157.